The standard InChI is InChI=1S/C15H24ClNO/c1-4-7-11(2)10-18-15(12(3)17)13-8-5-6-9-14(13)16/h5-6,8-9,11-12,15H,4,7,10,17H2,1-3H3. The van der Waals surface area contributed by atoms with Crippen molar-refractivity contribution in [2.75, 3.05) is 6.61 Å². The SMILES string of the molecule is CCCC(C)COC(c1ccccc1Cl)C(C)N. The summed E-state index contributed by atoms with van der Waals surface area (Å²) in [5.41, 5.74) is 7.00. The first-order valence-corrected chi connectivity index (χ1v) is 7.05. The van der Waals surface area contributed by atoms with Crippen LogP contribution < -0.4 is 5.73 Å². The van der Waals surface area contributed by atoms with E-state index in [-0.39, 0.29) is 12.1 Å². The number of ether oxygens (including phenoxy) is 1. The Morgan fingerprint density at radius 2 is 1.94 bits per heavy atom. The molecular weight excluding hydrogens is 246 g/mol. The molecule has 0 aliphatic rings. The monoisotopic (exact) mass is 269 g/mol. The Morgan fingerprint density at radius 3 is 2.50 bits per heavy atom. The van der Waals surface area contributed by atoms with E-state index >= 15 is 0 Å². The number of rotatable bonds is 7. The summed E-state index contributed by atoms with van der Waals surface area (Å²) in [6, 6.07) is 7.68. The number of halogens is 1. The molecule has 0 aliphatic heterocycles. The average Bonchev–Trinajstić information content (AvgIpc) is 2.31. The molecule has 0 radical (unpaired) electrons. The van der Waals surface area contributed by atoms with E-state index in [4.69, 9.17) is 22.1 Å². The Kier molecular flexibility index (Phi) is 6.69. The van der Waals surface area contributed by atoms with Gasteiger partial charge in [0.05, 0.1) is 12.7 Å². The predicted octanol–water partition coefficient (Wildman–Crippen LogP) is 4.18. The highest BCUT2D eigenvalue weighted by Gasteiger charge is 2.20. The smallest absolute Gasteiger partial charge is 0.0987 e. The molecule has 1 aromatic carbocycles. The number of hydrogen-bond acceptors (Lipinski definition) is 2. The summed E-state index contributed by atoms with van der Waals surface area (Å²) in [6.45, 7) is 7.08. The van der Waals surface area contributed by atoms with Crippen LogP contribution in [-0.2, 0) is 4.74 Å². The van der Waals surface area contributed by atoms with Crippen LogP contribution in [0.1, 0.15) is 45.3 Å². The topological polar surface area (TPSA) is 35.2 Å². The van der Waals surface area contributed by atoms with Crippen LogP contribution in [0, 0.1) is 5.92 Å². The van der Waals surface area contributed by atoms with E-state index in [1.807, 2.05) is 31.2 Å². The molecule has 18 heavy (non-hydrogen) atoms. The fourth-order valence-corrected chi connectivity index (χ4v) is 2.32. The molecule has 0 saturated heterocycles. The van der Waals surface area contributed by atoms with Crippen LogP contribution >= 0.6 is 11.6 Å². The molecule has 2 N–H and O–H groups in total. The first-order valence-electron chi connectivity index (χ1n) is 6.67. The molecule has 0 aromatic heterocycles. The van der Waals surface area contributed by atoms with Gasteiger partial charge in [-0.1, -0.05) is 50.1 Å². The minimum Gasteiger partial charge on any atom is -0.372 e. The minimum absolute atomic E-state index is 0.0706. The molecule has 3 heteroatoms. The number of hydrogen-bond donors (Lipinski definition) is 1. The lowest BCUT2D eigenvalue weighted by Crippen LogP contribution is -2.28. The molecule has 0 heterocycles. The lowest BCUT2D eigenvalue weighted by atomic mass is 10.0. The Labute approximate surface area is 115 Å². The van der Waals surface area contributed by atoms with Crippen molar-refractivity contribution in [1.82, 2.24) is 0 Å². The molecule has 0 bridgehead atoms. The summed E-state index contributed by atoms with van der Waals surface area (Å²) in [6.07, 6.45) is 2.23. The van der Waals surface area contributed by atoms with Gasteiger partial charge in [0.1, 0.15) is 0 Å². The van der Waals surface area contributed by atoms with E-state index in [1.165, 1.54) is 12.8 Å². The first-order chi connectivity index (χ1) is 8.56. The Balaban J connectivity index is 2.69. The van der Waals surface area contributed by atoms with E-state index in [0.29, 0.717) is 5.92 Å². The molecule has 0 saturated carbocycles. The molecule has 0 aliphatic carbocycles. The summed E-state index contributed by atoms with van der Waals surface area (Å²) in [5, 5.41) is 0.725. The fourth-order valence-electron chi connectivity index (χ4n) is 2.07. The van der Waals surface area contributed by atoms with E-state index in [2.05, 4.69) is 13.8 Å². The maximum Gasteiger partial charge on any atom is 0.0987 e. The second-order valence-corrected chi connectivity index (χ2v) is 5.44. The van der Waals surface area contributed by atoms with Crippen LogP contribution in [0.4, 0.5) is 0 Å². The Bertz CT molecular complexity index is 354. The Morgan fingerprint density at radius 1 is 1.28 bits per heavy atom. The van der Waals surface area contributed by atoms with Crippen molar-refractivity contribution in [1.29, 1.82) is 0 Å². The van der Waals surface area contributed by atoms with Gasteiger partial charge in [-0.15, -0.1) is 0 Å². The third-order valence-electron chi connectivity index (χ3n) is 3.03. The van der Waals surface area contributed by atoms with Crippen LogP contribution in [-0.4, -0.2) is 12.6 Å². The van der Waals surface area contributed by atoms with Crippen molar-refractivity contribution < 1.29 is 4.74 Å². The van der Waals surface area contributed by atoms with Crippen molar-refractivity contribution in [3.63, 3.8) is 0 Å². The largest absolute Gasteiger partial charge is 0.372 e. The maximum absolute atomic E-state index is 6.20. The van der Waals surface area contributed by atoms with Gasteiger partial charge in [0.15, 0.2) is 0 Å². The third kappa shape index (κ3) is 4.60. The molecule has 0 amide bonds. The maximum atomic E-state index is 6.20. The Hall–Kier alpha value is -0.570. The van der Waals surface area contributed by atoms with Crippen molar-refractivity contribution in [3.8, 4) is 0 Å². The van der Waals surface area contributed by atoms with E-state index in [9.17, 15) is 0 Å². The summed E-state index contributed by atoms with van der Waals surface area (Å²) in [7, 11) is 0. The van der Waals surface area contributed by atoms with Crippen molar-refractivity contribution in [2.45, 2.75) is 45.8 Å². The van der Waals surface area contributed by atoms with Crippen molar-refractivity contribution in [2.24, 2.45) is 11.7 Å². The molecule has 3 unspecified atom stereocenters. The minimum atomic E-state index is -0.127. The van der Waals surface area contributed by atoms with E-state index in [0.717, 1.165) is 17.2 Å². The van der Waals surface area contributed by atoms with Crippen LogP contribution in [0.2, 0.25) is 5.02 Å². The summed E-state index contributed by atoms with van der Waals surface area (Å²) >= 11 is 6.20. The second-order valence-electron chi connectivity index (χ2n) is 5.03. The predicted molar refractivity (Wildman–Crippen MR) is 77.9 cm³/mol. The fraction of sp³-hybridized carbons (Fsp3) is 0.600. The molecule has 102 valence electrons. The van der Waals surface area contributed by atoms with Crippen molar-refractivity contribution >= 4 is 11.6 Å². The zero-order valence-electron chi connectivity index (χ0n) is 11.5. The van der Waals surface area contributed by atoms with Gasteiger partial charge in [-0.05, 0) is 25.3 Å². The second kappa shape index (κ2) is 7.78. The summed E-state index contributed by atoms with van der Waals surface area (Å²) < 4.78 is 5.98. The van der Waals surface area contributed by atoms with Crippen molar-refractivity contribution in [3.05, 3.63) is 34.9 Å². The zero-order chi connectivity index (χ0) is 13.5. The third-order valence-corrected chi connectivity index (χ3v) is 3.38. The number of benzene rings is 1. The highest BCUT2D eigenvalue weighted by Crippen LogP contribution is 2.28. The van der Waals surface area contributed by atoms with Crippen LogP contribution in [0.15, 0.2) is 24.3 Å². The molecule has 3 atom stereocenters. The van der Waals surface area contributed by atoms with E-state index < -0.39 is 0 Å². The lowest BCUT2D eigenvalue weighted by molar-refractivity contribution is 0.0174. The summed E-state index contributed by atoms with van der Waals surface area (Å²) in [4.78, 5) is 0. The summed E-state index contributed by atoms with van der Waals surface area (Å²) in [5.74, 6) is 0.554. The quantitative estimate of drug-likeness (QED) is 0.806. The van der Waals surface area contributed by atoms with Gasteiger partial charge in [-0.25, -0.2) is 0 Å². The van der Waals surface area contributed by atoms with E-state index in [1.54, 1.807) is 0 Å². The zero-order valence-corrected chi connectivity index (χ0v) is 12.3. The molecule has 1 rings (SSSR count). The lowest BCUT2D eigenvalue weighted by Gasteiger charge is -2.24. The van der Waals surface area contributed by atoms with Gasteiger partial charge in [0, 0.05) is 16.6 Å². The average molecular weight is 270 g/mol. The molecule has 0 fully saturated rings. The number of nitrogens with two attached hydrogens (primary N) is 1. The van der Waals surface area contributed by atoms with Gasteiger partial charge in [-0.3, -0.25) is 0 Å². The molecular formula is C15H24ClNO. The van der Waals surface area contributed by atoms with Gasteiger partial charge in [0.25, 0.3) is 0 Å². The molecule has 2 nitrogen and oxygen atoms in total. The molecule has 0 spiro atoms. The van der Waals surface area contributed by atoms with Gasteiger partial charge in [-0.2, -0.15) is 0 Å². The van der Waals surface area contributed by atoms with Gasteiger partial charge in [0.2, 0.25) is 0 Å². The van der Waals surface area contributed by atoms with Gasteiger partial charge >= 0.3 is 0 Å². The highest BCUT2D eigenvalue weighted by molar-refractivity contribution is 6.31. The van der Waals surface area contributed by atoms with Crippen LogP contribution in [0.3, 0.4) is 0 Å². The molecule has 1 aromatic rings. The van der Waals surface area contributed by atoms with Gasteiger partial charge < -0.3 is 10.5 Å². The first kappa shape index (κ1) is 15.5. The van der Waals surface area contributed by atoms with Crippen LogP contribution in [0.5, 0.6) is 0 Å². The van der Waals surface area contributed by atoms with Crippen LogP contribution in [0.25, 0.3) is 0 Å². The normalized spacial score (nSPS) is 16.3. The highest BCUT2D eigenvalue weighted by atomic mass is 35.5.